The normalized spacial score (nSPS) is 16.7. The molecule has 2 amide bonds. The number of nitriles is 1. The van der Waals surface area contributed by atoms with Crippen LogP contribution in [0.1, 0.15) is 19.4 Å². The minimum atomic E-state index is -0.536. The van der Waals surface area contributed by atoms with E-state index in [-0.39, 0.29) is 11.8 Å². The molecular weight excluding hydrogens is 340 g/mol. The van der Waals surface area contributed by atoms with Crippen LogP contribution < -0.4 is 20.7 Å². The van der Waals surface area contributed by atoms with E-state index in [0.717, 1.165) is 0 Å². The predicted molar refractivity (Wildman–Crippen MR) is 95.9 cm³/mol. The van der Waals surface area contributed by atoms with Gasteiger partial charge >= 0.3 is 0 Å². The van der Waals surface area contributed by atoms with Crippen molar-refractivity contribution in [2.75, 3.05) is 16.0 Å². The van der Waals surface area contributed by atoms with Gasteiger partial charge in [0.15, 0.2) is 6.10 Å². The molecule has 0 aliphatic carbocycles. The number of thiophene rings is 1. The summed E-state index contributed by atoms with van der Waals surface area (Å²) in [5.41, 5.74) is 1.67. The molecule has 0 bridgehead atoms. The van der Waals surface area contributed by atoms with Crippen molar-refractivity contribution in [2.24, 2.45) is 0 Å². The molecule has 7 nitrogen and oxygen atoms in total. The Labute approximate surface area is 148 Å². The van der Waals surface area contributed by atoms with Crippen LogP contribution in [0.5, 0.6) is 5.75 Å². The molecule has 0 spiro atoms. The highest BCUT2D eigenvalue weighted by Crippen LogP contribution is 2.32. The number of benzene rings is 1. The smallest absolute Gasteiger partial charge is 0.265 e. The Morgan fingerprint density at radius 2 is 2.24 bits per heavy atom. The zero-order valence-corrected chi connectivity index (χ0v) is 14.4. The van der Waals surface area contributed by atoms with Crippen molar-refractivity contribution in [3.05, 3.63) is 35.2 Å². The molecule has 2 aromatic rings. The van der Waals surface area contributed by atoms with Crippen molar-refractivity contribution < 1.29 is 14.3 Å². The van der Waals surface area contributed by atoms with E-state index in [0.29, 0.717) is 27.7 Å². The minimum absolute atomic E-state index is 0.211. The molecule has 1 aromatic carbocycles. The third-order valence-corrected chi connectivity index (χ3v) is 4.54. The molecule has 0 saturated heterocycles. The molecule has 0 radical (unpaired) electrons. The highest BCUT2D eigenvalue weighted by atomic mass is 32.1. The fourth-order valence-electron chi connectivity index (χ4n) is 2.33. The maximum absolute atomic E-state index is 12.3. The fourth-order valence-corrected chi connectivity index (χ4v) is 3.07. The maximum Gasteiger partial charge on any atom is 0.265 e. The average molecular weight is 356 g/mol. The first-order valence-corrected chi connectivity index (χ1v) is 8.52. The Bertz CT molecular complexity index is 871. The van der Waals surface area contributed by atoms with E-state index in [1.807, 2.05) is 6.07 Å². The number of hydrogen-bond acceptors (Lipinski definition) is 6. The second-order valence-electron chi connectivity index (χ2n) is 5.59. The number of fused-ring (bicyclic) bond motifs is 1. The first kappa shape index (κ1) is 16.8. The molecule has 0 unspecified atom stereocenters. The minimum Gasteiger partial charge on any atom is -0.479 e. The fraction of sp³-hybridized carbons (Fsp3) is 0.235. The van der Waals surface area contributed by atoms with Gasteiger partial charge in [0, 0.05) is 5.69 Å². The van der Waals surface area contributed by atoms with E-state index in [2.05, 4.69) is 16.0 Å². The Morgan fingerprint density at radius 1 is 1.44 bits per heavy atom. The molecule has 128 valence electrons. The molecule has 1 aliphatic rings. The second-order valence-corrected chi connectivity index (χ2v) is 6.51. The zero-order valence-electron chi connectivity index (χ0n) is 13.6. The maximum atomic E-state index is 12.3. The van der Waals surface area contributed by atoms with Crippen LogP contribution in [0.4, 0.5) is 16.4 Å². The van der Waals surface area contributed by atoms with Crippen molar-refractivity contribution in [1.29, 1.82) is 5.26 Å². The summed E-state index contributed by atoms with van der Waals surface area (Å²) in [5, 5.41) is 19.8. The summed E-state index contributed by atoms with van der Waals surface area (Å²) in [5.74, 6) is 0.120. The second kappa shape index (κ2) is 6.83. The van der Waals surface area contributed by atoms with Gasteiger partial charge in [-0.3, -0.25) is 9.59 Å². The molecule has 25 heavy (non-hydrogen) atoms. The van der Waals surface area contributed by atoms with Crippen LogP contribution in [0.25, 0.3) is 0 Å². The lowest BCUT2D eigenvalue weighted by atomic mass is 10.2. The molecule has 1 aromatic heterocycles. The summed E-state index contributed by atoms with van der Waals surface area (Å²) in [6.07, 6.45) is -0.531. The predicted octanol–water partition coefficient (Wildman–Crippen LogP) is 2.78. The van der Waals surface area contributed by atoms with Crippen molar-refractivity contribution in [3.63, 3.8) is 0 Å². The Morgan fingerprint density at radius 3 is 3.00 bits per heavy atom. The molecule has 0 fully saturated rings. The van der Waals surface area contributed by atoms with E-state index in [1.54, 1.807) is 43.5 Å². The molecule has 3 N–H and O–H groups in total. The van der Waals surface area contributed by atoms with Crippen LogP contribution in [0, 0.1) is 11.3 Å². The molecule has 1 aliphatic heterocycles. The first-order valence-electron chi connectivity index (χ1n) is 7.64. The summed E-state index contributed by atoms with van der Waals surface area (Å²) < 4.78 is 5.50. The van der Waals surface area contributed by atoms with Crippen molar-refractivity contribution >= 4 is 39.5 Å². The Kier molecular flexibility index (Phi) is 4.59. The molecule has 2 atom stereocenters. The SMILES string of the molecule is C[C@H](Nc1ccc2c(c1)NC(=O)[C@@H](C)O2)C(=O)Nc1sccc1C#N. The Balaban J connectivity index is 1.68. The highest BCUT2D eigenvalue weighted by Gasteiger charge is 2.24. The summed E-state index contributed by atoms with van der Waals surface area (Å²) in [6, 6.07) is 8.39. The topological polar surface area (TPSA) is 103 Å². The highest BCUT2D eigenvalue weighted by molar-refractivity contribution is 7.14. The van der Waals surface area contributed by atoms with E-state index in [4.69, 9.17) is 10.00 Å². The zero-order chi connectivity index (χ0) is 18.0. The van der Waals surface area contributed by atoms with Gasteiger partial charge < -0.3 is 20.7 Å². The number of nitrogens with zero attached hydrogens (tertiary/aromatic N) is 1. The van der Waals surface area contributed by atoms with Gasteiger partial charge in [-0.05, 0) is 43.5 Å². The van der Waals surface area contributed by atoms with Crippen molar-refractivity contribution in [3.8, 4) is 11.8 Å². The summed E-state index contributed by atoms with van der Waals surface area (Å²) in [7, 11) is 0. The van der Waals surface area contributed by atoms with Gasteiger partial charge in [0.05, 0.1) is 11.3 Å². The monoisotopic (exact) mass is 356 g/mol. The number of carbonyl (C=O) groups excluding carboxylic acids is 2. The third kappa shape index (κ3) is 3.56. The van der Waals surface area contributed by atoms with Gasteiger partial charge in [0.25, 0.3) is 5.91 Å². The van der Waals surface area contributed by atoms with Crippen molar-refractivity contribution in [2.45, 2.75) is 26.0 Å². The van der Waals surface area contributed by atoms with Crippen LogP contribution >= 0.6 is 11.3 Å². The number of carbonyl (C=O) groups is 2. The van der Waals surface area contributed by atoms with Gasteiger partial charge in [-0.1, -0.05) is 0 Å². The van der Waals surface area contributed by atoms with Crippen LogP contribution in [0.15, 0.2) is 29.6 Å². The lowest BCUT2D eigenvalue weighted by Gasteiger charge is -2.24. The molecule has 0 saturated carbocycles. The molecular formula is C17H16N4O3S. The number of anilines is 3. The number of amides is 2. The van der Waals surface area contributed by atoms with E-state index < -0.39 is 12.1 Å². The van der Waals surface area contributed by atoms with Crippen LogP contribution in [-0.2, 0) is 9.59 Å². The van der Waals surface area contributed by atoms with E-state index >= 15 is 0 Å². The quantitative estimate of drug-likeness (QED) is 0.781. The van der Waals surface area contributed by atoms with Gasteiger partial charge in [0.1, 0.15) is 22.9 Å². The Hall–Kier alpha value is -3.05. The average Bonchev–Trinajstić information content (AvgIpc) is 3.03. The van der Waals surface area contributed by atoms with Gasteiger partial charge in [0.2, 0.25) is 5.91 Å². The molecule has 8 heteroatoms. The largest absolute Gasteiger partial charge is 0.479 e. The number of rotatable bonds is 4. The lowest BCUT2D eigenvalue weighted by Crippen LogP contribution is -2.34. The summed E-state index contributed by atoms with van der Waals surface area (Å²) in [4.78, 5) is 24.0. The van der Waals surface area contributed by atoms with E-state index in [9.17, 15) is 9.59 Å². The standard InChI is InChI=1S/C17H16N4O3S/c1-9(15(22)21-17-11(8-18)5-6-25-17)19-12-3-4-14-13(7-12)20-16(23)10(2)24-14/h3-7,9-10,19H,1-2H3,(H,20,23)(H,21,22)/t9-,10+/m0/s1. The van der Waals surface area contributed by atoms with Crippen LogP contribution in [-0.4, -0.2) is 24.0 Å². The summed E-state index contributed by atoms with van der Waals surface area (Å²) >= 11 is 1.30. The molecule has 2 heterocycles. The lowest BCUT2D eigenvalue weighted by molar-refractivity contribution is -0.122. The van der Waals surface area contributed by atoms with Gasteiger partial charge in [-0.25, -0.2) is 0 Å². The van der Waals surface area contributed by atoms with Crippen LogP contribution in [0.2, 0.25) is 0 Å². The first-order chi connectivity index (χ1) is 12.0. The molecule has 3 rings (SSSR count). The number of hydrogen-bond donors (Lipinski definition) is 3. The number of ether oxygens (including phenoxy) is 1. The van der Waals surface area contributed by atoms with Gasteiger partial charge in [-0.15, -0.1) is 11.3 Å². The van der Waals surface area contributed by atoms with Gasteiger partial charge in [-0.2, -0.15) is 5.26 Å². The number of nitrogens with one attached hydrogen (secondary N) is 3. The van der Waals surface area contributed by atoms with E-state index in [1.165, 1.54) is 11.3 Å². The summed E-state index contributed by atoms with van der Waals surface area (Å²) in [6.45, 7) is 3.39. The van der Waals surface area contributed by atoms with Crippen molar-refractivity contribution in [1.82, 2.24) is 0 Å². The van der Waals surface area contributed by atoms with Crippen LogP contribution in [0.3, 0.4) is 0 Å². The third-order valence-electron chi connectivity index (χ3n) is 3.71.